The van der Waals surface area contributed by atoms with Crippen LogP contribution >= 0.6 is 22.7 Å². The van der Waals surface area contributed by atoms with E-state index in [1.807, 2.05) is 12.1 Å². The van der Waals surface area contributed by atoms with Crippen LogP contribution in [0.3, 0.4) is 0 Å². The van der Waals surface area contributed by atoms with Crippen LogP contribution in [0.15, 0.2) is 35.0 Å². The summed E-state index contributed by atoms with van der Waals surface area (Å²) in [7, 11) is 3.09. The molecule has 1 aliphatic rings. The Morgan fingerprint density at radius 2 is 1.25 bits per heavy atom. The smallest absolute Gasteiger partial charge is 0.273 e. The van der Waals surface area contributed by atoms with Gasteiger partial charge in [-0.3, -0.25) is 9.59 Å². The lowest BCUT2D eigenvalue weighted by Crippen LogP contribution is -2.18. The lowest BCUT2D eigenvalue weighted by atomic mass is 9.78. The maximum atomic E-state index is 12.3. The molecule has 4 heterocycles. The van der Waals surface area contributed by atoms with Crippen molar-refractivity contribution in [3.63, 3.8) is 0 Å². The van der Waals surface area contributed by atoms with E-state index in [1.54, 1.807) is 37.1 Å². The van der Waals surface area contributed by atoms with Gasteiger partial charge in [0.1, 0.15) is 0 Å². The Labute approximate surface area is 238 Å². The van der Waals surface area contributed by atoms with Gasteiger partial charge in [-0.25, -0.2) is 9.97 Å². The highest BCUT2D eigenvalue weighted by molar-refractivity contribution is 7.11. The quantitative estimate of drug-likeness (QED) is 0.281. The number of rotatable bonds is 10. The summed E-state index contributed by atoms with van der Waals surface area (Å²) in [6.45, 7) is 0. The van der Waals surface area contributed by atoms with Gasteiger partial charge in [-0.15, -0.1) is 10.2 Å². The molecular weight excluding hydrogens is 552 g/mol. The molecule has 12 nitrogen and oxygen atoms in total. The van der Waals surface area contributed by atoms with Crippen LogP contribution in [0.4, 0.5) is 11.6 Å². The highest BCUT2D eigenvalue weighted by atomic mass is 32.1. The number of amides is 2. The third-order valence-electron chi connectivity index (χ3n) is 6.51. The molecule has 0 aromatic carbocycles. The van der Waals surface area contributed by atoms with Gasteiger partial charge >= 0.3 is 0 Å². The predicted molar refractivity (Wildman–Crippen MR) is 150 cm³/mol. The number of anilines is 2. The highest BCUT2D eigenvalue weighted by Crippen LogP contribution is 2.40. The summed E-state index contributed by atoms with van der Waals surface area (Å²) in [5.74, 6) is 0.842. The van der Waals surface area contributed by atoms with E-state index in [1.165, 1.54) is 22.7 Å². The van der Waals surface area contributed by atoms with E-state index in [0.29, 0.717) is 33.4 Å². The molecule has 0 bridgehead atoms. The number of nitrogens with zero attached hydrogens (tertiary/aromatic N) is 6. The van der Waals surface area contributed by atoms with Crippen molar-refractivity contribution in [2.24, 2.45) is 0 Å². The lowest BCUT2D eigenvalue weighted by molar-refractivity contribution is -0.116. The Balaban J connectivity index is 1.13. The van der Waals surface area contributed by atoms with Gasteiger partial charge in [0.15, 0.2) is 11.6 Å². The molecule has 2 N–H and O–H groups in total. The van der Waals surface area contributed by atoms with Crippen molar-refractivity contribution in [3.8, 4) is 10.4 Å². The van der Waals surface area contributed by atoms with Gasteiger partial charge < -0.3 is 20.1 Å². The third-order valence-corrected chi connectivity index (χ3v) is 8.21. The van der Waals surface area contributed by atoms with E-state index in [9.17, 15) is 9.59 Å². The molecule has 0 saturated heterocycles. The molecule has 5 rings (SSSR count). The number of nitrogens with one attached hydrogen (secondary N) is 2. The van der Waals surface area contributed by atoms with Crippen molar-refractivity contribution in [2.45, 2.75) is 50.4 Å². The zero-order valence-corrected chi connectivity index (χ0v) is 23.6. The van der Waals surface area contributed by atoms with Crippen LogP contribution in [-0.2, 0) is 22.4 Å². The first-order chi connectivity index (χ1) is 19.5. The van der Waals surface area contributed by atoms with Crippen molar-refractivity contribution in [1.29, 1.82) is 0 Å². The Morgan fingerprint density at radius 1 is 0.775 bits per heavy atom. The van der Waals surface area contributed by atoms with Crippen LogP contribution in [0, 0.1) is 0 Å². The second kappa shape index (κ2) is 12.9. The van der Waals surface area contributed by atoms with E-state index in [-0.39, 0.29) is 36.5 Å². The maximum Gasteiger partial charge on any atom is 0.273 e. The van der Waals surface area contributed by atoms with E-state index < -0.39 is 0 Å². The molecule has 40 heavy (non-hydrogen) atoms. The molecule has 1 saturated carbocycles. The summed E-state index contributed by atoms with van der Waals surface area (Å²) < 4.78 is 10.1. The number of carbonyl (C=O) groups excluding carboxylic acids is 2. The maximum absolute atomic E-state index is 12.3. The summed E-state index contributed by atoms with van der Waals surface area (Å²) in [5, 5.41) is 27.4. The number of carbonyl (C=O) groups is 2. The minimum atomic E-state index is -0.214. The van der Waals surface area contributed by atoms with Gasteiger partial charge in [0.25, 0.3) is 10.4 Å². The molecule has 1 aliphatic carbocycles. The molecule has 2 amide bonds. The Hall–Kier alpha value is -4.04. The van der Waals surface area contributed by atoms with E-state index in [2.05, 4.69) is 41.0 Å². The zero-order chi connectivity index (χ0) is 27.9. The van der Waals surface area contributed by atoms with Crippen molar-refractivity contribution < 1.29 is 19.1 Å². The van der Waals surface area contributed by atoms with Crippen LogP contribution in [-0.4, -0.2) is 56.4 Å². The minimum Gasteiger partial charge on any atom is -0.473 e. The average Bonchev–Trinajstić information content (AvgIpc) is 3.63. The number of hydrogen-bond acceptors (Lipinski definition) is 12. The predicted octanol–water partition coefficient (Wildman–Crippen LogP) is 4.00. The van der Waals surface area contributed by atoms with Gasteiger partial charge in [0.2, 0.25) is 11.8 Å². The first-order valence-electron chi connectivity index (χ1n) is 12.7. The van der Waals surface area contributed by atoms with Gasteiger partial charge in [-0.2, -0.15) is 10.2 Å². The Bertz CT molecular complexity index is 1330. The summed E-state index contributed by atoms with van der Waals surface area (Å²) in [5.41, 5.74) is 3.07. The molecule has 0 radical (unpaired) electrons. The third kappa shape index (κ3) is 7.12. The Morgan fingerprint density at radius 3 is 1.62 bits per heavy atom. The van der Waals surface area contributed by atoms with Crippen molar-refractivity contribution in [2.75, 3.05) is 24.9 Å². The molecule has 0 spiro atoms. The first-order valence-corrected chi connectivity index (χ1v) is 14.5. The van der Waals surface area contributed by atoms with E-state index in [4.69, 9.17) is 9.47 Å². The fourth-order valence-corrected chi connectivity index (χ4v) is 5.89. The SMILES string of the molecule is COc1nc(CC(=O)Nc2ccc([C@H]3CCC[C@H](c4ccc(NC(=O)Cc5csc(OC)n5)nn4)C3)nn2)cs1. The molecule has 208 valence electrons. The van der Waals surface area contributed by atoms with E-state index >= 15 is 0 Å². The van der Waals surface area contributed by atoms with Crippen molar-refractivity contribution >= 4 is 46.1 Å². The second-order valence-electron chi connectivity index (χ2n) is 9.31. The fraction of sp³-hybridized carbons (Fsp3) is 0.385. The number of thiazole rings is 2. The molecule has 4 aromatic heterocycles. The molecule has 2 atom stereocenters. The normalized spacial score (nSPS) is 16.8. The van der Waals surface area contributed by atoms with Gasteiger partial charge in [-0.05, 0) is 43.5 Å². The molecule has 14 heteroatoms. The lowest BCUT2D eigenvalue weighted by Gasteiger charge is -2.28. The molecule has 0 aliphatic heterocycles. The number of aromatic nitrogens is 6. The van der Waals surface area contributed by atoms with E-state index in [0.717, 1.165) is 37.1 Å². The van der Waals surface area contributed by atoms with Crippen LogP contribution in [0.2, 0.25) is 0 Å². The fourth-order valence-electron chi connectivity index (χ4n) is 4.61. The van der Waals surface area contributed by atoms with Crippen LogP contribution < -0.4 is 20.1 Å². The van der Waals surface area contributed by atoms with Crippen LogP contribution in [0.25, 0.3) is 0 Å². The second-order valence-corrected chi connectivity index (χ2v) is 11.0. The summed E-state index contributed by atoms with van der Waals surface area (Å²) in [4.78, 5) is 33.1. The van der Waals surface area contributed by atoms with Gasteiger partial charge in [0.05, 0.1) is 49.8 Å². The number of methoxy groups -OCH3 is 2. The molecule has 4 aromatic rings. The monoisotopic (exact) mass is 580 g/mol. The summed E-state index contributed by atoms with van der Waals surface area (Å²) in [6, 6.07) is 7.41. The Kier molecular flexibility index (Phi) is 8.86. The standard InChI is InChI=1S/C26H28N8O4S2/c1-37-25-27-17(13-39-25)11-23(35)29-21-8-6-19(31-33-21)15-4-3-5-16(10-15)20-7-9-22(34-32-20)30-24(36)12-18-14-40-26(28-18)38-2/h6-9,13-16H,3-5,10-12H2,1-2H3,(H,29,33,35)(H,30,34,36)/t15-,16-/m0/s1. The van der Waals surface area contributed by atoms with Crippen molar-refractivity contribution in [1.82, 2.24) is 30.4 Å². The zero-order valence-electron chi connectivity index (χ0n) is 22.0. The average molecular weight is 581 g/mol. The first kappa shape index (κ1) is 27.5. The largest absolute Gasteiger partial charge is 0.473 e. The molecule has 1 fully saturated rings. The number of ether oxygens (including phenoxy) is 2. The van der Waals surface area contributed by atoms with Crippen molar-refractivity contribution in [3.05, 3.63) is 57.8 Å². The summed E-state index contributed by atoms with van der Waals surface area (Å²) >= 11 is 2.69. The summed E-state index contributed by atoms with van der Waals surface area (Å²) in [6.07, 6.45) is 4.19. The number of hydrogen-bond donors (Lipinski definition) is 2. The van der Waals surface area contributed by atoms with Gasteiger partial charge in [0, 0.05) is 22.6 Å². The van der Waals surface area contributed by atoms with Crippen LogP contribution in [0.5, 0.6) is 10.4 Å². The topological polar surface area (TPSA) is 154 Å². The molecular formula is C26H28N8O4S2. The minimum absolute atomic E-state index is 0.137. The molecule has 0 unspecified atom stereocenters. The van der Waals surface area contributed by atoms with Crippen LogP contribution in [0.1, 0.15) is 60.3 Å². The van der Waals surface area contributed by atoms with Gasteiger partial charge in [-0.1, -0.05) is 29.1 Å². The highest BCUT2D eigenvalue weighted by Gasteiger charge is 2.27.